The van der Waals surface area contributed by atoms with Gasteiger partial charge in [-0.1, -0.05) is 0 Å². The van der Waals surface area contributed by atoms with E-state index in [2.05, 4.69) is 10.3 Å². The van der Waals surface area contributed by atoms with Gasteiger partial charge in [-0.3, -0.25) is 10.1 Å². The molecular formula is C14H18N4O2. The number of nitrogens with one attached hydrogen (secondary N) is 1. The number of rotatable bonds is 5. The molecule has 2 aromatic rings. The lowest BCUT2D eigenvalue weighted by atomic mass is 10.1. The molecule has 0 spiro atoms. The van der Waals surface area contributed by atoms with Crippen LogP contribution in [0.1, 0.15) is 23.9 Å². The van der Waals surface area contributed by atoms with Gasteiger partial charge in [0.2, 0.25) is 0 Å². The molecule has 0 saturated heterocycles. The zero-order valence-corrected chi connectivity index (χ0v) is 11.9. The van der Waals surface area contributed by atoms with Crippen LogP contribution < -0.4 is 5.32 Å². The van der Waals surface area contributed by atoms with Gasteiger partial charge in [-0.25, -0.2) is 4.98 Å². The van der Waals surface area contributed by atoms with Gasteiger partial charge in [0, 0.05) is 25.0 Å². The van der Waals surface area contributed by atoms with Crippen molar-refractivity contribution in [1.29, 1.82) is 0 Å². The fourth-order valence-electron chi connectivity index (χ4n) is 2.06. The average Bonchev–Trinajstić information content (AvgIpc) is 2.86. The average molecular weight is 274 g/mol. The van der Waals surface area contributed by atoms with Gasteiger partial charge in [0.15, 0.2) is 0 Å². The van der Waals surface area contributed by atoms with E-state index >= 15 is 0 Å². The molecule has 0 bridgehead atoms. The monoisotopic (exact) mass is 274 g/mol. The van der Waals surface area contributed by atoms with Gasteiger partial charge in [0.25, 0.3) is 5.69 Å². The summed E-state index contributed by atoms with van der Waals surface area (Å²) in [6, 6.07) is 3.41. The topological polar surface area (TPSA) is 73.0 Å². The number of nitrogens with zero attached hydrogens (tertiary/aromatic N) is 3. The third-order valence-electron chi connectivity index (χ3n) is 3.39. The van der Waals surface area contributed by atoms with Crippen molar-refractivity contribution in [3.05, 3.63) is 51.6 Å². The predicted octanol–water partition coefficient (Wildman–Crippen LogP) is 3.04. The molecule has 0 amide bonds. The maximum absolute atomic E-state index is 11.1. The highest BCUT2D eigenvalue weighted by Gasteiger charge is 2.15. The molecule has 2 rings (SSSR count). The van der Waals surface area contributed by atoms with E-state index in [1.165, 1.54) is 0 Å². The van der Waals surface area contributed by atoms with E-state index < -0.39 is 0 Å². The molecule has 0 aliphatic rings. The zero-order chi connectivity index (χ0) is 14.7. The Balaban J connectivity index is 2.25. The maximum Gasteiger partial charge on any atom is 0.292 e. The van der Waals surface area contributed by atoms with E-state index in [4.69, 9.17) is 0 Å². The Morgan fingerprint density at radius 2 is 2.05 bits per heavy atom. The Morgan fingerprint density at radius 1 is 1.35 bits per heavy atom. The SMILES string of the molecule is CCn1ccnc1CNc1cc(C)c(C)cc1[N+](=O)[O-]. The number of nitro groups is 1. The van der Waals surface area contributed by atoms with Crippen LogP contribution in [-0.2, 0) is 13.1 Å². The Hall–Kier alpha value is -2.37. The third kappa shape index (κ3) is 2.79. The number of imidazole rings is 1. The minimum absolute atomic E-state index is 0.0997. The molecule has 6 heteroatoms. The summed E-state index contributed by atoms with van der Waals surface area (Å²) in [6.45, 7) is 7.13. The van der Waals surface area contributed by atoms with Crippen molar-refractivity contribution in [2.45, 2.75) is 33.9 Å². The second-order valence-electron chi connectivity index (χ2n) is 4.69. The summed E-state index contributed by atoms with van der Waals surface area (Å²) in [5.41, 5.74) is 2.57. The largest absolute Gasteiger partial charge is 0.372 e. The first-order chi connectivity index (χ1) is 9.52. The summed E-state index contributed by atoms with van der Waals surface area (Å²) in [5.74, 6) is 0.861. The molecule has 0 atom stereocenters. The number of aromatic nitrogens is 2. The van der Waals surface area contributed by atoms with Crippen molar-refractivity contribution >= 4 is 11.4 Å². The van der Waals surface area contributed by atoms with Crippen LogP contribution in [-0.4, -0.2) is 14.5 Å². The number of hydrogen-bond acceptors (Lipinski definition) is 4. The van der Waals surface area contributed by atoms with Crippen LogP contribution in [0.4, 0.5) is 11.4 Å². The molecule has 6 nitrogen and oxygen atoms in total. The summed E-state index contributed by atoms with van der Waals surface area (Å²) in [7, 11) is 0. The van der Waals surface area contributed by atoms with Crippen molar-refractivity contribution in [3.8, 4) is 0 Å². The Labute approximate surface area is 117 Å². The van der Waals surface area contributed by atoms with Crippen LogP contribution in [0.15, 0.2) is 24.5 Å². The van der Waals surface area contributed by atoms with Crippen LogP contribution in [0.2, 0.25) is 0 Å². The summed E-state index contributed by atoms with van der Waals surface area (Å²) >= 11 is 0. The number of aryl methyl sites for hydroxylation is 3. The van der Waals surface area contributed by atoms with Crippen molar-refractivity contribution in [2.75, 3.05) is 5.32 Å². The second kappa shape index (κ2) is 5.73. The van der Waals surface area contributed by atoms with Crippen molar-refractivity contribution < 1.29 is 4.92 Å². The molecule has 0 fully saturated rings. The molecule has 1 aromatic heterocycles. The highest BCUT2D eigenvalue weighted by Crippen LogP contribution is 2.28. The molecule has 0 saturated carbocycles. The number of anilines is 1. The maximum atomic E-state index is 11.1. The zero-order valence-electron chi connectivity index (χ0n) is 11.9. The lowest BCUT2D eigenvalue weighted by Gasteiger charge is -2.10. The minimum Gasteiger partial charge on any atom is -0.372 e. The van der Waals surface area contributed by atoms with Gasteiger partial charge in [0.05, 0.1) is 11.5 Å². The smallest absolute Gasteiger partial charge is 0.292 e. The van der Waals surface area contributed by atoms with Gasteiger partial charge in [0.1, 0.15) is 11.5 Å². The highest BCUT2D eigenvalue weighted by molar-refractivity contribution is 5.64. The van der Waals surface area contributed by atoms with Gasteiger partial charge in [-0.05, 0) is 38.0 Å². The molecule has 0 aliphatic carbocycles. The highest BCUT2D eigenvalue weighted by atomic mass is 16.6. The second-order valence-corrected chi connectivity index (χ2v) is 4.69. The molecular weight excluding hydrogens is 256 g/mol. The van der Waals surface area contributed by atoms with Gasteiger partial charge < -0.3 is 9.88 Å². The van der Waals surface area contributed by atoms with Crippen molar-refractivity contribution in [1.82, 2.24) is 9.55 Å². The number of nitro benzene ring substituents is 1. The van der Waals surface area contributed by atoms with E-state index in [1.54, 1.807) is 12.3 Å². The predicted molar refractivity (Wildman–Crippen MR) is 77.8 cm³/mol. The Kier molecular flexibility index (Phi) is 4.02. The minimum atomic E-state index is -0.360. The molecule has 0 unspecified atom stereocenters. The molecule has 20 heavy (non-hydrogen) atoms. The van der Waals surface area contributed by atoms with Crippen LogP contribution in [0, 0.1) is 24.0 Å². The lowest BCUT2D eigenvalue weighted by molar-refractivity contribution is -0.384. The summed E-state index contributed by atoms with van der Waals surface area (Å²) in [6.07, 6.45) is 3.63. The van der Waals surface area contributed by atoms with Gasteiger partial charge in [-0.15, -0.1) is 0 Å². The summed E-state index contributed by atoms with van der Waals surface area (Å²) in [5, 5.41) is 14.2. The summed E-state index contributed by atoms with van der Waals surface area (Å²) in [4.78, 5) is 15.0. The molecule has 0 radical (unpaired) electrons. The first kappa shape index (κ1) is 14.0. The van der Waals surface area contributed by atoms with E-state index in [1.807, 2.05) is 37.6 Å². The van der Waals surface area contributed by atoms with E-state index in [-0.39, 0.29) is 10.6 Å². The van der Waals surface area contributed by atoms with E-state index in [0.717, 1.165) is 23.5 Å². The van der Waals surface area contributed by atoms with Crippen molar-refractivity contribution in [3.63, 3.8) is 0 Å². The normalized spacial score (nSPS) is 10.6. The Morgan fingerprint density at radius 3 is 2.70 bits per heavy atom. The molecule has 1 heterocycles. The van der Waals surface area contributed by atoms with E-state index in [0.29, 0.717) is 12.2 Å². The quantitative estimate of drug-likeness (QED) is 0.671. The lowest BCUT2D eigenvalue weighted by Crippen LogP contribution is -2.09. The van der Waals surface area contributed by atoms with Crippen molar-refractivity contribution in [2.24, 2.45) is 0 Å². The fourth-order valence-corrected chi connectivity index (χ4v) is 2.06. The number of benzene rings is 1. The van der Waals surface area contributed by atoms with Crippen LogP contribution >= 0.6 is 0 Å². The Bertz CT molecular complexity index is 634. The van der Waals surface area contributed by atoms with Crippen LogP contribution in [0.3, 0.4) is 0 Å². The summed E-state index contributed by atoms with van der Waals surface area (Å²) < 4.78 is 2.00. The molecule has 1 N–H and O–H groups in total. The van der Waals surface area contributed by atoms with Gasteiger partial charge >= 0.3 is 0 Å². The number of hydrogen-bond donors (Lipinski definition) is 1. The van der Waals surface area contributed by atoms with Crippen LogP contribution in [0.25, 0.3) is 0 Å². The molecule has 106 valence electrons. The molecule has 1 aromatic carbocycles. The first-order valence-corrected chi connectivity index (χ1v) is 6.52. The van der Waals surface area contributed by atoms with Gasteiger partial charge in [-0.2, -0.15) is 0 Å². The van der Waals surface area contributed by atoms with E-state index in [9.17, 15) is 10.1 Å². The fraction of sp³-hybridized carbons (Fsp3) is 0.357. The standard InChI is InChI=1S/C14H18N4O2/c1-4-17-6-5-15-14(17)9-16-12-7-10(2)11(3)8-13(12)18(19)20/h5-8,16H,4,9H2,1-3H3. The first-order valence-electron chi connectivity index (χ1n) is 6.52. The molecule has 0 aliphatic heterocycles. The third-order valence-corrected chi connectivity index (χ3v) is 3.39. The van der Waals surface area contributed by atoms with Crippen LogP contribution in [0.5, 0.6) is 0 Å².